The van der Waals surface area contributed by atoms with E-state index in [1.807, 2.05) is 13.8 Å². The van der Waals surface area contributed by atoms with Crippen molar-refractivity contribution in [1.82, 2.24) is 0 Å². The Balaban J connectivity index is 2.95. The molecule has 0 bridgehead atoms. The Morgan fingerprint density at radius 2 is 1.88 bits per heavy atom. The molecule has 0 radical (unpaired) electrons. The molecule has 17 heavy (non-hydrogen) atoms. The summed E-state index contributed by atoms with van der Waals surface area (Å²) in [6.45, 7) is 4.10. The molecular formula is C14H18BrFO. The quantitative estimate of drug-likeness (QED) is 0.677. The molecule has 0 atom stereocenters. The molecule has 3 heteroatoms. The van der Waals surface area contributed by atoms with Crippen LogP contribution in [0, 0.1) is 11.7 Å². The largest absolute Gasteiger partial charge is 0.294 e. The van der Waals surface area contributed by atoms with Gasteiger partial charge in [-0.2, -0.15) is 0 Å². The van der Waals surface area contributed by atoms with Crippen LogP contribution in [0.4, 0.5) is 4.39 Å². The van der Waals surface area contributed by atoms with Gasteiger partial charge in [0.1, 0.15) is 5.82 Å². The van der Waals surface area contributed by atoms with Gasteiger partial charge in [-0.05, 0) is 31.0 Å². The maximum atomic E-state index is 13.6. The lowest BCUT2D eigenvalue weighted by atomic mass is 9.89. The first kappa shape index (κ1) is 14.4. The summed E-state index contributed by atoms with van der Waals surface area (Å²) in [6.07, 6.45) is 3.56. The van der Waals surface area contributed by atoms with E-state index < -0.39 is 5.82 Å². The van der Waals surface area contributed by atoms with Gasteiger partial charge in [0.25, 0.3) is 0 Å². The predicted molar refractivity (Wildman–Crippen MR) is 71.7 cm³/mol. The molecule has 1 aromatic carbocycles. The highest BCUT2D eigenvalue weighted by atomic mass is 79.9. The number of benzene rings is 1. The van der Waals surface area contributed by atoms with Crippen molar-refractivity contribution in [3.63, 3.8) is 0 Å². The number of ketones is 1. The third kappa shape index (κ3) is 3.91. The highest BCUT2D eigenvalue weighted by Gasteiger charge is 2.21. The smallest absolute Gasteiger partial charge is 0.168 e. The molecule has 0 fully saturated rings. The summed E-state index contributed by atoms with van der Waals surface area (Å²) < 4.78 is 14.4. The minimum Gasteiger partial charge on any atom is -0.294 e. The molecule has 1 nitrogen and oxygen atoms in total. The van der Waals surface area contributed by atoms with Crippen LogP contribution in [-0.4, -0.2) is 5.78 Å². The zero-order valence-electron chi connectivity index (χ0n) is 10.3. The van der Waals surface area contributed by atoms with Crippen LogP contribution in [0.2, 0.25) is 0 Å². The van der Waals surface area contributed by atoms with Crippen LogP contribution >= 0.6 is 15.9 Å². The third-order valence-corrected chi connectivity index (χ3v) is 3.33. The number of carbonyl (C=O) groups is 1. The van der Waals surface area contributed by atoms with Gasteiger partial charge in [-0.15, -0.1) is 0 Å². The molecule has 0 aliphatic rings. The monoisotopic (exact) mass is 300 g/mol. The number of halogens is 2. The molecule has 0 spiro atoms. The summed E-state index contributed by atoms with van der Waals surface area (Å²) in [4.78, 5) is 12.2. The fourth-order valence-electron chi connectivity index (χ4n) is 2.01. The normalized spacial score (nSPS) is 10.9. The van der Waals surface area contributed by atoms with Gasteiger partial charge in [-0.25, -0.2) is 4.39 Å². The van der Waals surface area contributed by atoms with Gasteiger partial charge in [-0.3, -0.25) is 4.79 Å². The van der Waals surface area contributed by atoms with Crippen molar-refractivity contribution < 1.29 is 9.18 Å². The number of carbonyl (C=O) groups excluding carboxylic acids is 1. The standard InChI is InChI=1S/C14H18BrFO/c1-3-5-10(6-4-2)14(17)12-9-11(15)7-8-13(12)16/h7-10H,3-6H2,1-2H3. The van der Waals surface area contributed by atoms with Crippen LogP contribution < -0.4 is 0 Å². The lowest BCUT2D eigenvalue weighted by molar-refractivity contribution is 0.0900. The molecular weight excluding hydrogens is 283 g/mol. The van der Waals surface area contributed by atoms with Crippen LogP contribution in [0.5, 0.6) is 0 Å². The average molecular weight is 301 g/mol. The van der Waals surface area contributed by atoms with E-state index >= 15 is 0 Å². The highest BCUT2D eigenvalue weighted by molar-refractivity contribution is 9.10. The Bertz CT molecular complexity index is 384. The van der Waals surface area contributed by atoms with E-state index in [4.69, 9.17) is 0 Å². The maximum Gasteiger partial charge on any atom is 0.168 e. The fourth-order valence-corrected chi connectivity index (χ4v) is 2.37. The van der Waals surface area contributed by atoms with E-state index in [9.17, 15) is 9.18 Å². The van der Waals surface area contributed by atoms with Crippen LogP contribution in [0.25, 0.3) is 0 Å². The Morgan fingerprint density at radius 3 is 2.41 bits per heavy atom. The van der Waals surface area contributed by atoms with Crippen LogP contribution in [-0.2, 0) is 0 Å². The molecule has 0 aromatic heterocycles. The molecule has 0 amide bonds. The Morgan fingerprint density at radius 1 is 1.29 bits per heavy atom. The minimum atomic E-state index is -0.421. The summed E-state index contributed by atoms with van der Waals surface area (Å²) in [5.74, 6) is -0.531. The highest BCUT2D eigenvalue weighted by Crippen LogP contribution is 2.23. The van der Waals surface area contributed by atoms with Crippen molar-refractivity contribution in [1.29, 1.82) is 0 Å². The molecule has 0 aliphatic heterocycles. The van der Waals surface area contributed by atoms with Crippen LogP contribution in [0.15, 0.2) is 22.7 Å². The van der Waals surface area contributed by atoms with Crippen molar-refractivity contribution >= 4 is 21.7 Å². The summed E-state index contributed by atoms with van der Waals surface area (Å²) >= 11 is 3.27. The van der Waals surface area contributed by atoms with Crippen molar-refractivity contribution in [2.75, 3.05) is 0 Å². The van der Waals surface area contributed by atoms with Crippen molar-refractivity contribution in [2.45, 2.75) is 39.5 Å². The number of rotatable bonds is 6. The molecule has 0 heterocycles. The molecule has 0 N–H and O–H groups in total. The second-order valence-corrected chi connectivity index (χ2v) is 5.18. The molecule has 1 rings (SSSR count). The lowest BCUT2D eigenvalue weighted by Crippen LogP contribution is -2.16. The van der Waals surface area contributed by atoms with E-state index in [-0.39, 0.29) is 17.3 Å². The first-order valence-corrected chi connectivity index (χ1v) is 6.88. The minimum absolute atomic E-state index is 0.0474. The van der Waals surface area contributed by atoms with E-state index in [0.29, 0.717) is 0 Å². The number of hydrogen-bond acceptors (Lipinski definition) is 1. The molecule has 0 saturated carbocycles. The molecule has 1 aromatic rings. The molecule has 94 valence electrons. The van der Waals surface area contributed by atoms with Crippen molar-refractivity contribution in [3.05, 3.63) is 34.1 Å². The SMILES string of the molecule is CCCC(CCC)C(=O)c1cc(Br)ccc1F. The van der Waals surface area contributed by atoms with E-state index in [2.05, 4.69) is 15.9 Å². The summed E-state index contributed by atoms with van der Waals surface area (Å²) in [5.41, 5.74) is 0.214. The molecule has 0 aliphatic carbocycles. The van der Waals surface area contributed by atoms with Gasteiger partial charge in [0, 0.05) is 10.4 Å². The van der Waals surface area contributed by atoms with Crippen molar-refractivity contribution in [3.8, 4) is 0 Å². The van der Waals surface area contributed by atoms with Crippen molar-refractivity contribution in [2.24, 2.45) is 5.92 Å². The summed E-state index contributed by atoms with van der Waals surface area (Å²) in [5, 5.41) is 0. The second kappa shape index (κ2) is 6.90. The average Bonchev–Trinajstić information content (AvgIpc) is 2.31. The number of Topliss-reactive ketones (excluding diaryl/α,β-unsaturated/α-hetero) is 1. The first-order valence-electron chi connectivity index (χ1n) is 6.09. The number of hydrogen-bond donors (Lipinski definition) is 0. The van der Waals surface area contributed by atoms with Gasteiger partial charge in [0.2, 0.25) is 0 Å². The maximum absolute atomic E-state index is 13.6. The zero-order valence-corrected chi connectivity index (χ0v) is 11.9. The first-order chi connectivity index (χ1) is 8.10. The zero-order chi connectivity index (χ0) is 12.8. The van der Waals surface area contributed by atoms with Gasteiger partial charge in [0.15, 0.2) is 5.78 Å². The van der Waals surface area contributed by atoms with E-state index in [1.54, 1.807) is 12.1 Å². The van der Waals surface area contributed by atoms with Gasteiger partial charge in [0.05, 0.1) is 5.56 Å². The molecule has 0 saturated heterocycles. The predicted octanol–water partition coefficient (Wildman–Crippen LogP) is 4.99. The summed E-state index contributed by atoms with van der Waals surface area (Å²) in [6, 6.07) is 4.53. The van der Waals surface area contributed by atoms with Crippen LogP contribution in [0.3, 0.4) is 0 Å². The fraction of sp³-hybridized carbons (Fsp3) is 0.500. The van der Waals surface area contributed by atoms with E-state index in [1.165, 1.54) is 6.07 Å². The Kier molecular flexibility index (Phi) is 5.83. The van der Waals surface area contributed by atoms with Gasteiger partial charge in [-0.1, -0.05) is 42.6 Å². The van der Waals surface area contributed by atoms with Gasteiger partial charge < -0.3 is 0 Å². The van der Waals surface area contributed by atoms with Gasteiger partial charge >= 0.3 is 0 Å². The topological polar surface area (TPSA) is 17.1 Å². The third-order valence-electron chi connectivity index (χ3n) is 2.84. The molecule has 0 unspecified atom stereocenters. The van der Waals surface area contributed by atoms with Crippen LogP contribution in [0.1, 0.15) is 49.9 Å². The lowest BCUT2D eigenvalue weighted by Gasteiger charge is -2.14. The Hall–Kier alpha value is -0.700. The summed E-state index contributed by atoms with van der Waals surface area (Å²) in [7, 11) is 0. The van der Waals surface area contributed by atoms with E-state index in [0.717, 1.165) is 30.2 Å². The second-order valence-electron chi connectivity index (χ2n) is 4.26. The Labute approximate surface area is 111 Å².